The molecule has 1 saturated heterocycles. The Bertz CT molecular complexity index is 214. The van der Waals surface area contributed by atoms with E-state index in [1.54, 1.807) is 12.8 Å². The smallest absolute Gasteiger partial charge is 0.0311 e. The average molecular weight is 149 g/mol. The van der Waals surface area contributed by atoms with Crippen LogP contribution in [-0.2, 0) is 0 Å². The molecular formula is C10H15N. The van der Waals surface area contributed by atoms with Gasteiger partial charge in [0.25, 0.3) is 0 Å². The molecule has 4 atom stereocenters. The molecule has 1 nitrogen and oxygen atoms in total. The zero-order valence-electron chi connectivity index (χ0n) is 7.09. The fourth-order valence-electron chi connectivity index (χ4n) is 4.20. The highest BCUT2D eigenvalue weighted by atomic mass is 15.4. The summed E-state index contributed by atoms with van der Waals surface area (Å²) < 4.78 is 0. The van der Waals surface area contributed by atoms with E-state index in [2.05, 4.69) is 11.8 Å². The van der Waals surface area contributed by atoms with Gasteiger partial charge in [0.2, 0.25) is 0 Å². The first-order valence-corrected chi connectivity index (χ1v) is 5.13. The van der Waals surface area contributed by atoms with Crippen LogP contribution in [0.2, 0.25) is 0 Å². The summed E-state index contributed by atoms with van der Waals surface area (Å²) in [6.45, 7) is 3.81. The fraction of sp³-hybridized carbons (Fsp3) is 1.00. The number of nitrogens with zero attached hydrogens (tertiary/aromatic N) is 1. The topological polar surface area (TPSA) is 3.01 Å². The monoisotopic (exact) mass is 149 g/mol. The second-order valence-electron chi connectivity index (χ2n) is 5.06. The van der Waals surface area contributed by atoms with Gasteiger partial charge in [-0.1, -0.05) is 6.42 Å². The minimum Gasteiger partial charge on any atom is -0.291 e. The maximum absolute atomic E-state index is 2.78. The van der Waals surface area contributed by atoms with Crippen LogP contribution in [0.25, 0.3) is 0 Å². The Balaban J connectivity index is 1.67. The fourth-order valence-corrected chi connectivity index (χ4v) is 4.20. The lowest BCUT2D eigenvalue weighted by Gasteiger charge is -2.25. The van der Waals surface area contributed by atoms with Crippen LogP contribution < -0.4 is 0 Å². The van der Waals surface area contributed by atoms with E-state index in [1.807, 2.05) is 0 Å². The van der Waals surface area contributed by atoms with Crippen LogP contribution >= 0.6 is 0 Å². The van der Waals surface area contributed by atoms with Gasteiger partial charge in [-0.25, -0.2) is 0 Å². The molecule has 11 heavy (non-hydrogen) atoms. The van der Waals surface area contributed by atoms with Gasteiger partial charge in [0.05, 0.1) is 0 Å². The Labute approximate surface area is 67.8 Å². The van der Waals surface area contributed by atoms with Gasteiger partial charge in [0.15, 0.2) is 0 Å². The molecule has 4 fully saturated rings. The normalized spacial score (nSPS) is 75.5. The largest absolute Gasteiger partial charge is 0.291 e. The van der Waals surface area contributed by atoms with E-state index in [4.69, 9.17) is 0 Å². The molecule has 1 aliphatic heterocycles. The van der Waals surface area contributed by atoms with Crippen LogP contribution in [0, 0.1) is 17.8 Å². The van der Waals surface area contributed by atoms with Crippen LogP contribution in [0.4, 0.5) is 0 Å². The third kappa shape index (κ3) is 0.395. The summed E-state index contributed by atoms with van der Waals surface area (Å²) in [5, 5.41) is 0. The molecule has 4 rings (SSSR count). The summed E-state index contributed by atoms with van der Waals surface area (Å²) >= 11 is 0. The van der Waals surface area contributed by atoms with Gasteiger partial charge >= 0.3 is 0 Å². The third-order valence-electron chi connectivity index (χ3n) is 4.76. The molecule has 60 valence electrons. The van der Waals surface area contributed by atoms with Gasteiger partial charge in [0.1, 0.15) is 0 Å². The average Bonchev–Trinajstić information content (AvgIpc) is 2.84. The number of hydrogen-bond donors (Lipinski definition) is 0. The molecule has 1 heterocycles. The molecule has 0 aromatic heterocycles. The summed E-state index contributed by atoms with van der Waals surface area (Å²) in [7, 11) is 0. The first kappa shape index (κ1) is 5.58. The van der Waals surface area contributed by atoms with Crippen molar-refractivity contribution < 1.29 is 0 Å². The summed E-state index contributed by atoms with van der Waals surface area (Å²) in [5.74, 6) is 3.54. The Hall–Kier alpha value is -0.0400. The molecule has 4 aliphatic rings. The maximum atomic E-state index is 2.78. The van der Waals surface area contributed by atoms with Crippen molar-refractivity contribution in [2.45, 2.75) is 37.8 Å². The lowest BCUT2D eigenvalue weighted by molar-refractivity contribution is 0.233. The van der Waals surface area contributed by atoms with Gasteiger partial charge in [-0.3, -0.25) is 4.90 Å². The quantitative estimate of drug-likeness (QED) is 0.510. The van der Waals surface area contributed by atoms with Crippen LogP contribution in [0.15, 0.2) is 0 Å². The van der Waals surface area contributed by atoms with E-state index in [0.717, 1.165) is 11.6 Å². The first-order valence-electron chi connectivity index (χ1n) is 5.13. The number of hydrogen-bond acceptors (Lipinski definition) is 1. The molecule has 0 bridgehead atoms. The van der Waals surface area contributed by atoms with Gasteiger partial charge in [-0.05, 0) is 37.5 Å². The third-order valence-corrected chi connectivity index (χ3v) is 4.76. The zero-order valence-corrected chi connectivity index (χ0v) is 7.09. The molecule has 0 aromatic rings. The molecule has 0 N–H and O–H groups in total. The van der Waals surface area contributed by atoms with E-state index in [-0.39, 0.29) is 0 Å². The maximum Gasteiger partial charge on any atom is 0.0311 e. The first-order chi connectivity index (χ1) is 5.37. The van der Waals surface area contributed by atoms with Crippen molar-refractivity contribution in [2.75, 3.05) is 6.54 Å². The van der Waals surface area contributed by atoms with Crippen LogP contribution in [0.3, 0.4) is 0 Å². The highest BCUT2D eigenvalue weighted by Crippen LogP contribution is 2.85. The lowest BCUT2D eigenvalue weighted by Crippen LogP contribution is -2.27. The van der Waals surface area contributed by atoms with Gasteiger partial charge in [-0.15, -0.1) is 0 Å². The van der Waals surface area contributed by atoms with Crippen LogP contribution in [-0.4, -0.2) is 23.0 Å². The molecule has 0 radical (unpaired) electrons. The highest BCUT2D eigenvalue weighted by molar-refractivity contribution is 5.42. The molecular weight excluding hydrogens is 134 g/mol. The van der Waals surface area contributed by atoms with Crippen LogP contribution in [0.1, 0.15) is 26.2 Å². The molecule has 1 heteroatoms. The lowest BCUT2D eigenvalue weighted by atomic mass is 9.86. The summed E-state index contributed by atoms with van der Waals surface area (Å²) in [5.41, 5.74) is 0.845. The van der Waals surface area contributed by atoms with Gasteiger partial charge < -0.3 is 0 Å². The predicted molar refractivity (Wildman–Crippen MR) is 43.2 cm³/mol. The van der Waals surface area contributed by atoms with E-state index in [1.165, 1.54) is 30.7 Å². The van der Waals surface area contributed by atoms with E-state index in [0.29, 0.717) is 0 Å². The van der Waals surface area contributed by atoms with Crippen molar-refractivity contribution in [2.24, 2.45) is 17.8 Å². The van der Waals surface area contributed by atoms with Crippen molar-refractivity contribution in [1.82, 2.24) is 4.90 Å². The Kier molecular flexibility index (Phi) is 0.651. The second kappa shape index (κ2) is 1.28. The van der Waals surface area contributed by atoms with Crippen molar-refractivity contribution in [3.8, 4) is 0 Å². The molecule has 0 spiro atoms. The van der Waals surface area contributed by atoms with Crippen molar-refractivity contribution in [3.63, 3.8) is 0 Å². The Morgan fingerprint density at radius 2 is 1.91 bits per heavy atom. The Morgan fingerprint density at radius 1 is 1.27 bits per heavy atom. The molecule has 0 aromatic carbocycles. The molecule has 3 saturated carbocycles. The predicted octanol–water partition coefficient (Wildman–Crippen LogP) is 1.49. The standard InChI is InChI=1S/C10H15N/c1-6-5-11(6)10-7-3-2-4-8(10)9(7)10/h6-9H,2-5H2,1H3. The minimum absolute atomic E-state index is 0.845. The zero-order chi connectivity index (χ0) is 7.22. The highest BCUT2D eigenvalue weighted by Gasteiger charge is 2.90. The summed E-state index contributed by atoms with van der Waals surface area (Å²) in [6.07, 6.45) is 4.66. The second-order valence-corrected chi connectivity index (χ2v) is 5.06. The van der Waals surface area contributed by atoms with Crippen molar-refractivity contribution >= 4 is 0 Å². The molecule has 4 unspecified atom stereocenters. The summed E-state index contributed by atoms with van der Waals surface area (Å²) in [6, 6.07) is 0.950. The van der Waals surface area contributed by atoms with Gasteiger partial charge in [0, 0.05) is 18.1 Å². The van der Waals surface area contributed by atoms with Crippen LogP contribution in [0.5, 0.6) is 0 Å². The van der Waals surface area contributed by atoms with Crippen molar-refractivity contribution in [3.05, 3.63) is 0 Å². The SMILES string of the molecule is CC1CN1C12C3CCCC1C32. The van der Waals surface area contributed by atoms with E-state index in [9.17, 15) is 0 Å². The number of rotatable bonds is 1. The summed E-state index contributed by atoms with van der Waals surface area (Å²) in [4.78, 5) is 2.78. The molecule has 3 aliphatic carbocycles. The van der Waals surface area contributed by atoms with E-state index < -0.39 is 0 Å². The van der Waals surface area contributed by atoms with Gasteiger partial charge in [-0.2, -0.15) is 0 Å². The Morgan fingerprint density at radius 3 is 2.36 bits per heavy atom. The number of fused-ring (bicyclic) bond motifs is 2. The minimum atomic E-state index is 0.845. The van der Waals surface area contributed by atoms with E-state index >= 15 is 0 Å². The van der Waals surface area contributed by atoms with Crippen molar-refractivity contribution in [1.29, 1.82) is 0 Å². The molecule has 0 amide bonds.